The molecule has 4 aromatic rings. The summed E-state index contributed by atoms with van der Waals surface area (Å²) in [5, 5.41) is 0. The molecule has 0 aromatic carbocycles. The van der Waals surface area contributed by atoms with Crippen LogP contribution in [0.15, 0.2) is 23.8 Å². The molecule has 0 radical (unpaired) electrons. The Kier molecular flexibility index (Phi) is 7.46. The lowest BCUT2D eigenvalue weighted by Gasteiger charge is -2.27. The van der Waals surface area contributed by atoms with Crippen molar-refractivity contribution in [1.82, 2.24) is 43.8 Å². The molecule has 24 heteroatoms. The van der Waals surface area contributed by atoms with Crippen molar-refractivity contribution in [2.24, 2.45) is 0 Å². The molecule has 19 nitrogen and oxygen atoms in total. The molecule has 0 aliphatic carbocycles. The molecular formula is C21H23F2N10O9PS2. The minimum atomic E-state index is -4.76. The number of anilines is 1. The van der Waals surface area contributed by atoms with Crippen LogP contribution in [0.25, 0.3) is 22.3 Å². The van der Waals surface area contributed by atoms with E-state index in [1.807, 2.05) is 0 Å². The van der Waals surface area contributed by atoms with Gasteiger partial charge in [0.25, 0.3) is 5.56 Å². The van der Waals surface area contributed by atoms with Gasteiger partial charge in [0.2, 0.25) is 0 Å². The van der Waals surface area contributed by atoms with Gasteiger partial charge in [-0.3, -0.25) is 18.5 Å². The zero-order valence-corrected chi connectivity index (χ0v) is 25.2. The Labute approximate surface area is 255 Å². The third-order valence-corrected chi connectivity index (χ3v) is 9.93. The Hall–Kier alpha value is -3.12. The van der Waals surface area contributed by atoms with Crippen molar-refractivity contribution in [3.05, 3.63) is 35.2 Å². The third kappa shape index (κ3) is 5.41. The number of rotatable bonds is 2. The molecule has 3 aliphatic heterocycles. The second-order valence-electron chi connectivity index (χ2n) is 10.3. The van der Waals surface area contributed by atoms with E-state index in [1.165, 1.54) is 17.8 Å². The minimum Gasteiger partial charge on any atom is -0.382 e. The average Bonchev–Trinajstić information content (AvgIpc) is 3.72. The highest BCUT2D eigenvalue weighted by atomic mass is 32.5. The summed E-state index contributed by atoms with van der Waals surface area (Å²) in [5.41, 5.74) is 5.37. The first-order chi connectivity index (χ1) is 21.3. The second kappa shape index (κ2) is 11.0. The van der Waals surface area contributed by atoms with Crippen LogP contribution in [0.4, 0.5) is 14.6 Å². The van der Waals surface area contributed by atoms with Gasteiger partial charge in [-0.1, -0.05) is 0 Å². The SMILES string of the molecule is Cc1nc2c(ncn2[C@@H]2O[C@@H]3COP(O)(=S)O[C@H]4[C@@H](F)[C@H](n5cnc6c(N)ncnc65)O[C@@H]4CNS(=O)(=O)O[C@H]3[C@@H]2F)c(=O)[nH]1. The number of aryl methyl sites for hydroxylation is 1. The normalized spacial score (nSPS) is 35.6. The summed E-state index contributed by atoms with van der Waals surface area (Å²) in [6, 6.07) is 0. The maximum atomic E-state index is 15.9. The van der Waals surface area contributed by atoms with E-state index in [4.69, 9.17) is 40.2 Å². The molecule has 9 atom stereocenters. The molecule has 242 valence electrons. The number of hydrogen-bond acceptors (Lipinski definition) is 15. The summed E-state index contributed by atoms with van der Waals surface area (Å²) in [6.45, 7) is -4.19. The van der Waals surface area contributed by atoms with Crippen LogP contribution in [0, 0.1) is 6.92 Å². The fraction of sp³-hybridized carbons (Fsp3) is 0.524. The molecule has 3 saturated heterocycles. The number of imidazole rings is 2. The van der Waals surface area contributed by atoms with Crippen LogP contribution in [-0.2, 0) is 44.8 Å². The van der Waals surface area contributed by atoms with Crippen molar-refractivity contribution in [2.45, 2.75) is 56.1 Å². The molecule has 7 heterocycles. The van der Waals surface area contributed by atoms with E-state index in [0.717, 1.165) is 17.2 Å². The lowest BCUT2D eigenvalue weighted by molar-refractivity contribution is -0.0454. The van der Waals surface area contributed by atoms with E-state index < -0.39 is 84.9 Å². The lowest BCUT2D eigenvalue weighted by Crippen LogP contribution is -2.45. The minimum absolute atomic E-state index is 0.0292. The number of aromatic nitrogens is 8. The zero-order valence-electron chi connectivity index (χ0n) is 22.7. The number of hydrogen-bond donors (Lipinski definition) is 4. The molecule has 0 saturated carbocycles. The van der Waals surface area contributed by atoms with Gasteiger partial charge in [-0.25, -0.2) is 37.9 Å². The smallest absolute Gasteiger partial charge is 0.336 e. The van der Waals surface area contributed by atoms with Crippen LogP contribution in [0.1, 0.15) is 18.3 Å². The van der Waals surface area contributed by atoms with Crippen molar-refractivity contribution in [1.29, 1.82) is 0 Å². The van der Waals surface area contributed by atoms with Crippen molar-refractivity contribution in [3.8, 4) is 0 Å². The Morgan fingerprint density at radius 3 is 2.47 bits per heavy atom. The molecular weight excluding hydrogens is 669 g/mol. The second-order valence-corrected chi connectivity index (χ2v) is 14.5. The monoisotopic (exact) mass is 692 g/mol. The van der Waals surface area contributed by atoms with E-state index in [0.29, 0.717) is 0 Å². The van der Waals surface area contributed by atoms with E-state index in [1.54, 1.807) is 0 Å². The Bertz CT molecular complexity index is 2010. The molecule has 45 heavy (non-hydrogen) atoms. The highest BCUT2D eigenvalue weighted by Gasteiger charge is 2.53. The van der Waals surface area contributed by atoms with E-state index in [-0.39, 0.29) is 34.0 Å². The van der Waals surface area contributed by atoms with Gasteiger partial charge in [-0.05, 0) is 18.7 Å². The summed E-state index contributed by atoms with van der Waals surface area (Å²) in [4.78, 5) is 45.7. The van der Waals surface area contributed by atoms with Crippen molar-refractivity contribution in [3.63, 3.8) is 0 Å². The number of ether oxygens (including phenoxy) is 2. The number of nitrogens with two attached hydrogens (primary N) is 1. The predicted octanol–water partition coefficient (Wildman–Crippen LogP) is -0.827. The summed E-state index contributed by atoms with van der Waals surface area (Å²) in [5.74, 6) is 0.236. The number of nitrogen functional groups attached to an aromatic ring is 1. The first kappa shape index (κ1) is 30.5. The van der Waals surface area contributed by atoms with Crippen LogP contribution in [0.3, 0.4) is 0 Å². The highest BCUT2D eigenvalue weighted by Crippen LogP contribution is 2.51. The number of halogens is 2. The van der Waals surface area contributed by atoms with Gasteiger partial charge >= 0.3 is 17.0 Å². The molecule has 0 bridgehead atoms. The molecule has 3 fully saturated rings. The number of nitrogens with zero attached hydrogens (tertiary/aromatic N) is 7. The van der Waals surface area contributed by atoms with Gasteiger partial charge in [-0.2, -0.15) is 13.1 Å². The molecule has 5 N–H and O–H groups in total. The van der Waals surface area contributed by atoms with Crippen LogP contribution in [0.2, 0.25) is 0 Å². The number of aromatic amines is 1. The lowest BCUT2D eigenvalue weighted by atomic mass is 10.1. The van der Waals surface area contributed by atoms with Gasteiger partial charge in [0.15, 0.2) is 47.4 Å². The van der Waals surface area contributed by atoms with Gasteiger partial charge in [-0.15, -0.1) is 0 Å². The van der Waals surface area contributed by atoms with Gasteiger partial charge in [0.1, 0.15) is 42.1 Å². The Morgan fingerprint density at radius 2 is 1.71 bits per heavy atom. The average molecular weight is 693 g/mol. The summed E-state index contributed by atoms with van der Waals surface area (Å²) in [6.07, 6.45) is -10.2. The molecule has 0 amide bonds. The topological polar surface area (TPSA) is 246 Å². The summed E-state index contributed by atoms with van der Waals surface area (Å²) < 4.78 is 90.0. The number of nitrogens with one attached hydrogen (secondary N) is 2. The van der Waals surface area contributed by atoms with Gasteiger partial charge in [0, 0.05) is 6.54 Å². The maximum Gasteiger partial charge on any atom is 0.336 e. The zero-order chi connectivity index (χ0) is 31.8. The van der Waals surface area contributed by atoms with E-state index >= 15 is 8.78 Å². The van der Waals surface area contributed by atoms with Crippen LogP contribution >= 0.6 is 6.72 Å². The standard InChI is InChI=1S/C21H23F2N10O9PS2/c1-7-30-18-13(19(34)31-7)28-6-33(18)21-11(23)15-9(40-21)3-38-43(35,44)41-14-8(2-29-45(36,37)42-15)39-20(10(14)22)32-5-27-12-16(24)25-4-26-17(12)32/h4-6,8-11,14-15,20-21,29H,2-3H2,1H3,(H,35,44)(H2,24,25,26)(H,30,31,34)/t8-,9-,10-,11+,14-,15-,20-,21-,43?/m1/s1. The number of alkyl halides is 2. The molecule has 3 aliphatic rings. The van der Waals surface area contributed by atoms with Crippen LogP contribution in [0.5, 0.6) is 0 Å². The molecule has 4 aromatic heterocycles. The van der Waals surface area contributed by atoms with Gasteiger partial charge in [0.05, 0.1) is 19.3 Å². The Morgan fingerprint density at radius 1 is 1.04 bits per heavy atom. The largest absolute Gasteiger partial charge is 0.382 e. The van der Waals surface area contributed by atoms with Crippen LogP contribution in [-0.4, -0.2) is 102 Å². The van der Waals surface area contributed by atoms with Gasteiger partial charge < -0.3 is 29.6 Å². The number of H-pyrrole nitrogens is 1. The molecule has 0 spiro atoms. The van der Waals surface area contributed by atoms with Crippen molar-refractivity contribution in [2.75, 3.05) is 18.9 Å². The molecule has 7 rings (SSSR count). The Balaban J connectivity index is 1.17. The quantitative estimate of drug-likeness (QED) is 0.187. The predicted molar refractivity (Wildman–Crippen MR) is 149 cm³/mol. The third-order valence-electron chi connectivity index (χ3n) is 7.38. The summed E-state index contributed by atoms with van der Waals surface area (Å²) >= 11 is 5.12. The van der Waals surface area contributed by atoms with Crippen LogP contribution < -0.4 is 16.0 Å². The fourth-order valence-corrected chi connectivity index (χ4v) is 7.77. The van der Waals surface area contributed by atoms with E-state index in [9.17, 15) is 18.1 Å². The first-order valence-corrected chi connectivity index (χ1v) is 17.1. The maximum absolute atomic E-state index is 15.9. The number of fused-ring (bicyclic) bond motifs is 4. The molecule has 1 unspecified atom stereocenters. The van der Waals surface area contributed by atoms with Crippen molar-refractivity contribution >= 4 is 57.0 Å². The highest BCUT2D eigenvalue weighted by molar-refractivity contribution is 8.07. The first-order valence-electron chi connectivity index (χ1n) is 13.1. The fourth-order valence-electron chi connectivity index (χ4n) is 5.37. The van der Waals surface area contributed by atoms with Crippen molar-refractivity contribution < 1.29 is 44.8 Å². The van der Waals surface area contributed by atoms with E-state index in [2.05, 4.69) is 34.6 Å². The summed E-state index contributed by atoms with van der Waals surface area (Å²) in [7, 11) is -4.76.